The molecule has 0 saturated heterocycles. The number of fused-ring (bicyclic) bond motifs is 2. The Morgan fingerprint density at radius 3 is 2.52 bits per heavy atom. The number of nitroso groups, excluding NO2 is 2. The number of carbonyl (C=O) groups is 1. The average Bonchev–Trinajstić information content (AvgIpc) is 2.73. The van der Waals surface area contributed by atoms with Crippen LogP contribution >= 0.6 is 11.9 Å². The lowest BCUT2D eigenvalue weighted by Crippen LogP contribution is -2.51. The van der Waals surface area contributed by atoms with E-state index in [2.05, 4.69) is 27.3 Å². The maximum absolute atomic E-state index is 10.9. The number of aldehydes is 1. The largest absolute Gasteiger partial charge is 0.316 e. The number of nitrogens with zero attached hydrogens (tertiary/aromatic N) is 2. The van der Waals surface area contributed by atoms with Gasteiger partial charge in [0.15, 0.2) is 0 Å². The van der Waals surface area contributed by atoms with Gasteiger partial charge in [0.2, 0.25) is 0 Å². The van der Waals surface area contributed by atoms with E-state index in [4.69, 9.17) is 0 Å². The van der Waals surface area contributed by atoms with Gasteiger partial charge in [-0.05, 0) is 113 Å². The van der Waals surface area contributed by atoms with Gasteiger partial charge in [-0.2, -0.15) is 4.91 Å². The molecule has 8 heteroatoms. The van der Waals surface area contributed by atoms with Crippen molar-refractivity contribution in [3.8, 4) is 0 Å². The van der Waals surface area contributed by atoms with Crippen LogP contribution in [0.5, 0.6) is 0 Å². The second-order valence-corrected chi connectivity index (χ2v) is 10.8. The molecule has 2 N–H and O–H groups in total. The highest BCUT2D eigenvalue weighted by molar-refractivity contribution is 7.97. The Balaban J connectivity index is 0.000000220. The number of hydrogen-bond acceptors (Lipinski definition) is 8. The van der Waals surface area contributed by atoms with Crippen molar-refractivity contribution in [1.29, 1.82) is 0 Å². The second-order valence-electron chi connectivity index (χ2n) is 9.97. The fourth-order valence-electron chi connectivity index (χ4n) is 5.02. The van der Waals surface area contributed by atoms with Crippen LogP contribution in [0.4, 0.5) is 5.69 Å². The van der Waals surface area contributed by atoms with Crippen molar-refractivity contribution < 1.29 is 4.79 Å². The van der Waals surface area contributed by atoms with Gasteiger partial charge in [-0.3, -0.25) is 0 Å². The van der Waals surface area contributed by atoms with Gasteiger partial charge >= 0.3 is 0 Å². The topological polar surface area (TPSA) is 100.0 Å². The monoisotopic (exact) mass is 448 g/mol. The van der Waals surface area contributed by atoms with Gasteiger partial charge in [-0.1, -0.05) is 18.2 Å². The van der Waals surface area contributed by atoms with E-state index in [1.807, 2.05) is 27.0 Å². The van der Waals surface area contributed by atoms with Crippen LogP contribution in [0.15, 0.2) is 33.4 Å². The molecule has 7 nitrogen and oxygen atoms in total. The summed E-state index contributed by atoms with van der Waals surface area (Å²) in [5, 5.41) is 9.68. The average molecular weight is 449 g/mol. The summed E-state index contributed by atoms with van der Waals surface area (Å²) >= 11 is 1.33. The lowest BCUT2D eigenvalue weighted by molar-refractivity contribution is -0.111. The van der Waals surface area contributed by atoms with E-state index in [1.54, 1.807) is 26.0 Å². The highest BCUT2D eigenvalue weighted by Gasteiger charge is 2.46. The molecule has 31 heavy (non-hydrogen) atoms. The molecule has 2 aliphatic rings. The molecule has 1 aromatic rings. The molecule has 2 aliphatic carbocycles. The van der Waals surface area contributed by atoms with Gasteiger partial charge in [0, 0.05) is 10.9 Å². The quantitative estimate of drug-likeness (QED) is 0.323. The number of rotatable bonds is 7. The number of nitrogens with one attached hydrogen (secondary N) is 2. The van der Waals surface area contributed by atoms with E-state index in [1.165, 1.54) is 24.8 Å². The Labute approximate surface area is 190 Å². The summed E-state index contributed by atoms with van der Waals surface area (Å²) in [5.74, 6) is 2.13. The second kappa shape index (κ2) is 10.8. The molecular formula is C23H36N4O3S. The summed E-state index contributed by atoms with van der Waals surface area (Å²) in [7, 11) is 2.04. The molecule has 5 atom stereocenters. The van der Waals surface area contributed by atoms with E-state index in [-0.39, 0.29) is 5.54 Å². The zero-order chi connectivity index (χ0) is 23.2. The highest BCUT2D eigenvalue weighted by Crippen LogP contribution is 2.47. The predicted octanol–water partition coefficient (Wildman–Crippen LogP) is 5.52. The molecule has 3 rings (SSSR count). The first-order valence-electron chi connectivity index (χ1n) is 10.9. The third-order valence-electron chi connectivity index (χ3n) is 6.44. The minimum atomic E-state index is -0.596. The first kappa shape index (κ1) is 25.6. The number of carbonyl (C=O) groups excluding carboxylic acids is 1. The van der Waals surface area contributed by atoms with Crippen LogP contribution in [-0.2, 0) is 4.79 Å². The molecule has 2 fully saturated rings. The van der Waals surface area contributed by atoms with E-state index >= 15 is 0 Å². The molecule has 0 heterocycles. The Morgan fingerprint density at radius 1 is 1.23 bits per heavy atom. The van der Waals surface area contributed by atoms with Crippen molar-refractivity contribution in [3.05, 3.63) is 33.6 Å². The van der Waals surface area contributed by atoms with Crippen LogP contribution in [-0.4, -0.2) is 30.5 Å². The summed E-state index contributed by atoms with van der Waals surface area (Å²) in [4.78, 5) is 32.9. The molecule has 0 aromatic heterocycles. The van der Waals surface area contributed by atoms with Gasteiger partial charge in [0.05, 0.1) is 5.54 Å². The van der Waals surface area contributed by atoms with Crippen molar-refractivity contribution in [2.24, 2.45) is 28.1 Å². The van der Waals surface area contributed by atoms with Crippen molar-refractivity contribution in [2.45, 2.75) is 82.3 Å². The fraction of sp³-hybridized carbons (Fsp3) is 0.696. The molecular weight excluding hydrogens is 412 g/mol. The first-order chi connectivity index (χ1) is 14.6. The summed E-state index contributed by atoms with van der Waals surface area (Å²) in [6.45, 7) is 9.86. The van der Waals surface area contributed by atoms with Gasteiger partial charge in [0.25, 0.3) is 0 Å². The summed E-state index contributed by atoms with van der Waals surface area (Å²) < 4.78 is 3.02. The maximum atomic E-state index is 10.9. The van der Waals surface area contributed by atoms with Crippen LogP contribution < -0.4 is 10.0 Å². The molecule has 0 aliphatic heterocycles. The Hall–Kier alpha value is -1.64. The molecule has 0 spiro atoms. The number of benzene rings is 1. The van der Waals surface area contributed by atoms with Gasteiger partial charge < -0.3 is 10.1 Å². The number of hydrogen-bond donors (Lipinski definition) is 2. The highest BCUT2D eigenvalue weighted by atomic mass is 32.2. The van der Waals surface area contributed by atoms with Gasteiger partial charge in [-0.15, -0.1) is 4.91 Å². The van der Waals surface area contributed by atoms with Crippen LogP contribution in [0.2, 0.25) is 0 Å². The van der Waals surface area contributed by atoms with E-state index in [0.717, 1.165) is 41.4 Å². The molecule has 2 bridgehead atoms. The minimum Gasteiger partial charge on any atom is -0.316 e. The van der Waals surface area contributed by atoms with Crippen molar-refractivity contribution in [3.63, 3.8) is 0 Å². The van der Waals surface area contributed by atoms with Crippen LogP contribution in [0.1, 0.15) is 58.9 Å². The third kappa shape index (κ3) is 6.92. The molecule has 1 aromatic carbocycles. The molecule has 5 unspecified atom stereocenters. The SMILES string of the molecule is CNC1C(C)CC2CC1CC(C)(N=O)C2.Cc1ccc(N=O)cc1SNC(C)(C)C=O. The summed E-state index contributed by atoms with van der Waals surface area (Å²) in [6.07, 6.45) is 5.38. The zero-order valence-corrected chi connectivity index (χ0v) is 20.3. The van der Waals surface area contributed by atoms with E-state index in [0.29, 0.717) is 17.6 Å². The Bertz CT molecular complexity index is 786. The van der Waals surface area contributed by atoms with E-state index < -0.39 is 5.54 Å². The molecule has 2 saturated carbocycles. The van der Waals surface area contributed by atoms with Gasteiger partial charge in [0.1, 0.15) is 17.5 Å². The van der Waals surface area contributed by atoms with Crippen molar-refractivity contribution in [1.82, 2.24) is 10.0 Å². The lowest BCUT2D eigenvalue weighted by Gasteiger charge is -2.48. The normalized spacial score (nSPS) is 30.0. The van der Waals surface area contributed by atoms with Crippen LogP contribution in [0.3, 0.4) is 0 Å². The molecule has 0 amide bonds. The van der Waals surface area contributed by atoms with Crippen LogP contribution in [0.25, 0.3) is 0 Å². The standard InChI is InChI=1S/C12H22N2O.C11H14N2O2S/c1-8-4-9-5-10(11(8)13-3)7-12(2,6-9)14-15;1-8-4-5-9(12-15)6-10(8)16-13-11(2,3)7-14/h8-11,13H,4-7H2,1-3H3;4-7,13H,1-3H3. The molecule has 172 valence electrons. The van der Waals surface area contributed by atoms with Crippen molar-refractivity contribution >= 4 is 23.9 Å². The summed E-state index contributed by atoms with van der Waals surface area (Å²) in [6, 6.07) is 5.77. The van der Waals surface area contributed by atoms with Crippen molar-refractivity contribution in [2.75, 3.05) is 7.05 Å². The number of aryl methyl sites for hydroxylation is 1. The maximum Gasteiger partial charge on any atom is 0.140 e. The Kier molecular flexibility index (Phi) is 8.92. The zero-order valence-electron chi connectivity index (χ0n) is 19.5. The van der Waals surface area contributed by atoms with Crippen LogP contribution in [0, 0.1) is 34.5 Å². The Morgan fingerprint density at radius 2 is 1.94 bits per heavy atom. The predicted molar refractivity (Wildman–Crippen MR) is 127 cm³/mol. The molecule has 0 radical (unpaired) electrons. The fourth-order valence-corrected chi connectivity index (χ4v) is 5.85. The lowest BCUT2D eigenvalue weighted by atomic mass is 9.61. The smallest absolute Gasteiger partial charge is 0.140 e. The van der Waals surface area contributed by atoms with Gasteiger partial charge in [-0.25, -0.2) is 4.72 Å². The third-order valence-corrected chi connectivity index (χ3v) is 7.73. The minimum absolute atomic E-state index is 0.289. The summed E-state index contributed by atoms with van der Waals surface area (Å²) in [5.41, 5.74) is 0.537. The van der Waals surface area contributed by atoms with E-state index in [9.17, 15) is 14.6 Å². The first-order valence-corrected chi connectivity index (χ1v) is 11.7.